The third kappa shape index (κ3) is 3.34. The first kappa shape index (κ1) is 20.5. The molecule has 0 aromatic carbocycles. The van der Waals surface area contributed by atoms with E-state index in [9.17, 15) is 4.79 Å². The molecule has 12 nitrogen and oxygen atoms in total. The molecule has 0 unspecified atom stereocenters. The number of aromatic amines is 1. The molecule has 0 aliphatic carbocycles. The van der Waals surface area contributed by atoms with Gasteiger partial charge in [0.25, 0.3) is 5.91 Å². The topological polar surface area (TPSA) is 146 Å². The van der Waals surface area contributed by atoms with E-state index in [0.29, 0.717) is 41.0 Å². The SMILES string of the molecule is CC(C)N1C[C@@H]2C[C@H]1CN2c1ccc(Nc2ncc(-c3cc(C(N)=O)[nH]n3)n3ncnc23)cn1. The lowest BCUT2D eigenvalue weighted by Gasteiger charge is -2.37. The zero-order chi connectivity index (χ0) is 23.4. The number of amides is 1. The average molecular weight is 460 g/mol. The monoisotopic (exact) mass is 459 g/mol. The van der Waals surface area contributed by atoms with E-state index in [1.165, 1.54) is 12.7 Å². The number of piperazine rings is 1. The summed E-state index contributed by atoms with van der Waals surface area (Å²) in [4.78, 5) is 30.0. The lowest BCUT2D eigenvalue weighted by Crippen LogP contribution is -2.49. The molecule has 4 aromatic rings. The second-order valence-corrected chi connectivity index (χ2v) is 9.03. The Labute approximate surface area is 195 Å². The fourth-order valence-corrected chi connectivity index (χ4v) is 5.04. The van der Waals surface area contributed by atoms with Crippen molar-refractivity contribution in [3.05, 3.63) is 42.6 Å². The molecule has 4 N–H and O–H groups in total. The summed E-state index contributed by atoms with van der Waals surface area (Å²) in [5.41, 5.74) is 7.92. The van der Waals surface area contributed by atoms with Crippen LogP contribution in [0.1, 0.15) is 30.8 Å². The van der Waals surface area contributed by atoms with Crippen molar-refractivity contribution in [2.45, 2.75) is 38.4 Å². The highest BCUT2D eigenvalue weighted by molar-refractivity contribution is 5.91. The van der Waals surface area contributed by atoms with Crippen molar-refractivity contribution in [1.29, 1.82) is 0 Å². The van der Waals surface area contributed by atoms with Gasteiger partial charge in [-0.05, 0) is 38.5 Å². The second-order valence-electron chi connectivity index (χ2n) is 9.03. The number of hydrogen-bond acceptors (Lipinski definition) is 9. The summed E-state index contributed by atoms with van der Waals surface area (Å²) in [5, 5.41) is 14.3. The first-order valence-corrected chi connectivity index (χ1v) is 11.3. The molecular formula is C22H25N11O. The number of H-pyrrole nitrogens is 1. The van der Waals surface area contributed by atoms with E-state index in [1.807, 2.05) is 18.3 Å². The predicted molar refractivity (Wildman–Crippen MR) is 126 cm³/mol. The number of pyridine rings is 1. The molecule has 6 heterocycles. The van der Waals surface area contributed by atoms with Crippen molar-refractivity contribution < 1.29 is 4.79 Å². The van der Waals surface area contributed by atoms with E-state index < -0.39 is 5.91 Å². The number of nitrogens with zero attached hydrogens (tertiary/aromatic N) is 8. The van der Waals surface area contributed by atoms with Crippen LogP contribution in [-0.2, 0) is 0 Å². The number of anilines is 3. The number of nitrogens with one attached hydrogen (secondary N) is 2. The van der Waals surface area contributed by atoms with Crippen LogP contribution in [0.25, 0.3) is 17.0 Å². The zero-order valence-electron chi connectivity index (χ0n) is 18.9. The van der Waals surface area contributed by atoms with Crippen molar-refractivity contribution in [3.8, 4) is 11.4 Å². The lowest BCUT2D eigenvalue weighted by molar-refractivity contribution is 0.0995. The van der Waals surface area contributed by atoms with Gasteiger partial charge in [0, 0.05) is 31.2 Å². The molecule has 2 aliphatic heterocycles. The summed E-state index contributed by atoms with van der Waals surface area (Å²) in [6.07, 6.45) is 6.08. The number of carbonyl (C=O) groups is 1. The van der Waals surface area contributed by atoms with Gasteiger partial charge in [-0.25, -0.2) is 19.5 Å². The Morgan fingerprint density at radius 3 is 2.74 bits per heavy atom. The molecule has 0 saturated carbocycles. The van der Waals surface area contributed by atoms with Crippen LogP contribution in [-0.4, -0.2) is 76.8 Å². The predicted octanol–water partition coefficient (Wildman–Crippen LogP) is 1.42. The molecule has 2 aliphatic rings. The molecular weight excluding hydrogens is 434 g/mol. The highest BCUT2D eigenvalue weighted by atomic mass is 16.1. The van der Waals surface area contributed by atoms with E-state index in [4.69, 9.17) is 10.7 Å². The Bertz CT molecular complexity index is 1360. The fourth-order valence-electron chi connectivity index (χ4n) is 5.04. The number of likely N-dealkylation sites (tertiary alicyclic amines) is 1. The van der Waals surface area contributed by atoms with Gasteiger partial charge in [-0.1, -0.05) is 0 Å². The van der Waals surface area contributed by atoms with Gasteiger partial charge in [-0.15, -0.1) is 0 Å². The first-order chi connectivity index (χ1) is 16.5. The van der Waals surface area contributed by atoms with Gasteiger partial charge in [0.2, 0.25) is 0 Å². The Morgan fingerprint density at radius 1 is 1.18 bits per heavy atom. The van der Waals surface area contributed by atoms with Crippen LogP contribution in [0.2, 0.25) is 0 Å². The molecule has 174 valence electrons. The minimum absolute atomic E-state index is 0.208. The Morgan fingerprint density at radius 2 is 2.06 bits per heavy atom. The number of aromatic nitrogens is 7. The van der Waals surface area contributed by atoms with E-state index in [1.54, 1.807) is 16.8 Å². The zero-order valence-corrected chi connectivity index (χ0v) is 18.9. The van der Waals surface area contributed by atoms with Crippen molar-refractivity contribution in [2.75, 3.05) is 23.3 Å². The summed E-state index contributed by atoms with van der Waals surface area (Å²) < 4.78 is 1.61. The normalized spacial score (nSPS) is 20.0. The van der Waals surface area contributed by atoms with Crippen LogP contribution in [0.3, 0.4) is 0 Å². The lowest BCUT2D eigenvalue weighted by atomic mass is 10.2. The summed E-state index contributed by atoms with van der Waals surface area (Å²) >= 11 is 0. The largest absolute Gasteiger partial charge is 0.364 e. The van der Waals surface area contributed by atoms with Gasteiger partial charge < -0.3 is 16.0 Å². The summed E-state index contributed by atoms with van der Waals surface area (Å²) in [7, 11) is 0. The number of nitrogens with two attached hydrogens (primary N) is 1. The van der Waals surface area contributed by atoms with Gasteiger partial charge in [-0.3, -0.25) is 14.8 Å². The third-order valence-electron chi connectivity index (χ3n) is 6.66. The number of rotatable bonds is 6. The van der Waals surface area contributed by atoms with Crippen LogP contribution in [0.15, 0.2) is 36.9 Å². The minimum atomic E-state index is -0.588. The quantitative estimate of drug-likeness (QED) is 0.389. The third-order valence-corrected chi connectivity index (χ3v) is 6.66. The molecule has 2 fully saturated rings. The molecule has 0 spiro atoms. The number of primary amides is 1. The van der Waals surface area contributed by atoms with Crippen LogP contribution < -0.4 is 16.0 Å². The van der Waals surface area contributed by atoms with Crippen LogP contribution in [0, 0.1) is 0 Å². The molecule has 0 radical (unpaired) electrons. The second kappa shape index (κ2) is 7.76. The Hall–Kier alpha value is -4.06. The van der Waals surface area contributed by atoms with E-state index >= 15 is 0 Å². The number of hydrogen-bond donors (Lipinski definition) is 3. The van der Waals surface area contributed by atoms with Crippen molar-refractivity contribution >= 4 is 28.9 Å². The first-order valence-electron chi connectivity index (χ1n) is 11.3. The van der Waals surface area contributed by atoms with E-state index in [2.05, 4.69) is 54.2 Å². The summed E-state index contributed by atoms with van der Waals surface area (Å²) in [5.74, 6) is 0.949. The Balaban J connectivity index is 1.21. The van der Waals surface area contributed by atoms with Crippen LogP contribution in [0.4, 0.5) is 17.3 Å². The molecule has 2 saturated heterocycles. The van der Waals surface area contributed by atoms with Crippen molar-refractivity contribution in [1.82, 2.24) is 39.7 Å². The smallest absolute Gasteiger partial charge is 0.266 e. The average Bonchev–Trinajstić information content (AvgIpc) is 3.63. The minimum Gasteiger partial charge on any atom is -0.364 e. The molecule has 2 bridgehead atoms. The maximum absolute atomic E-state index is 11.4. The van der Waals surface area contributed by atoms with Gasteiger partial charge in [0.05, 0.1) is 18.1 Å². The highest BCUT2D eigenvalue weighted by Gasteiger charge is 2.44. The molecule has 2 atom stereocenters. The Kier molecular flexibility index (Phi) is 4.69. The molecule has 6 rings (SSSR count). The van der Waals surface area contributed by atoms with Gasteiger partial charge in [0.15, 0.2) is 11.5 Å². The summed E-state index contributed by atoms with van der Waals surface area (Å²) in [6, 6.07) is 7.34. The fraction of sp³-hybridized carbons (Fsp3) is 0.364. The number of carbonyl (C=O) groups excluding carboxylic acids is 1. The van der Waals surface area contributed by atoms with Crippen LogP contribution in [0.5, 0.6) is 0 Å². The maximum atomic E-state index is 11.4. The standard InChI is InChI=1S/C22H25N11O/c1-12(2)31-9-15-5-14(31)10-32(15)19-4-3-13(7-24-19)28-21-22-26-11-27-33(22)18(8-25-21)16-6-17(20(23)34)30-29-16/h3-4,6-8,11-12,14-15H,5,9-10H2,1-2H3,(H2,23,34)(H,25,28)(H,29,30)/t14-,15-/m0/s1. The molecule has 4 aromatic heterocycles. The van der Waals surface area contributed by atoms with Gasteiger partial charge >= 0.3 is 0 Å². The van der Waals surface area contributed by atoms with Gasteiger partial charge in [-0.2, -0.15) is 10.2 Å². The van der Waals surface area contributed by atoms with Crippen molar-refractivity contribution in [3.63, 3.8) is 0 Å². The number of fused-ring (bicyclic) bond motifs is 3. The van der Waals surface area contributed by atoms with Gasteiger partial charge in [0.1, 0.15) is 29.2 Å². The molecule has 34 heavy (non-hydrogen) atoms. The molecule has 12 heteroatoms. The van der Waals surface area contributed by atoms with Crippen molar-refractivity contribution in [2.24, 2.45) is 5.73 Å². The van der Waals surface area contributed by atoms with E-state index in [0.717, 1.165) is 24.6 Å². The highest BCUT2D eigenvalue weighted by Crippen LogP contribution is 2.35. The summed E-state index contributed by atoms with van der Waals surface area (Å²) in [6.45, 7) is 6.66. The maximum Gasteiger partial charge on any atom is 0.266 e. The van der Waals surface area contributed by atoms with E-state index in [-0.39, 0.29) is 5.69 Å². The van der Waals surface area contributed by atoms with Crippen LogP contribution >= 0.6 is 0 Å². The molecule has 1 amide bonds.